The van der Waals surface area contributed by atoms with Crippen molar-refractivity contribution in [3.8, 4) is 5.82 Å². The molecule has 2 rings (SSSR count). The number of rotatable bonds is 3. The van der Waals surface area contributed by atoms with Gasteiger partial charge >= 0.3 is 0 Å². The molecule has 0 bridgehead atoms. The summed E-state index contributed by atoms with van der Waals surface area (Å²) in [5.74, 6) is 0.272. The Morgan fingerprint density at radius 2 is 2.28 bits per heavy atom. The predicted octanol–water partition coefficient (Wildman–Crippen LogP) is 1.40. The Labute approximate surface area is 113 Å². The van der Waals surface area contributed by atoms with Crippen LogP contribution in [0.3, 0.4) is 0 Å². The molecule has 0 radical (unpaired) electrons. The van der Waals surface area contributed by atoms with Crippen LogP contribution in [0, 0.1) is 0 Å². The molecule has 0 aliphatic rings. The Morgan fingerprint density at radius 1 is 1.50 bits per heavy atom. The molecule has 2 heterocycles. The van der Waals surface area contributed by atoms with E-state index in [1.54, 1.807) is 25.4 Å². The van der Waals surface area contributed by atoms with Gasteiger partial charge in [0.25, 0.3) is 5.91 Å². The number of nitrogens with zero attached hydrogens (tertiary/aromatic N) is 4. The molecule has 18 heavy (non-hydrogen) atoms. The van der Waals surface area contributed by atoms with Crippen molar-refractivity contribution in [2.75, 3.05) is 13.3 Å². The second kappa shape index (κ2) is 5.36. The van der Waals surface area contributed by atoms with Gasteiger partial charge in [0.15, 0.2) is 16.7 Å². The summed E-state index contributed by atoms with van der Waals surface area (Å²) in [5, 5.41) is 7.50. The van der Waals surface area contributed by atoms with E-state index in [1.807, 2.05) is 6.26 Å². The molecule has 0 spiro atoms. The zero-order valence-electron chi connectivity index (χ0n) is 9.72. The van der Waals surface area contributed by atoms with Crippen LogP contribution in [0.4, 0.5) is 0 Å². The van der Waals surface area contributed by atoms with Crippen molar-refractivity contribution in [3.63, 3.8) is 0 Å². The van der Waals surface area contributed by atoms with E-state index >= 15 is 0 Å². The third-order valence-electron chi connectivity index (χ3n) is 2.13. The fraction of sp³-hybridized carbons (Fsp3) is 0.200. The monoisotopic (exact) mass is 283 g/mol. The standard InChI is InChI=1S/C10H10ClN5OS/c1-12-9(17)6-3-4-16(15-6)8-5-7(11)13-10(14-8)18-2/h3-5H,1-2H3,(H,12,17). The molecule has 0 saturated carbocycles. The predicted molar refractivity (Wildman–Crippen MR) is 69.3 cm³/mol. The van der Waals surface area contributed by atoms with Crippen LogP contribution < -0.4 is 5.32 Å². The molecule has 0 atom stereocenters. The topological polar surface area (TPSA) is 72.7 Å². The minimum Gasteiger partial charge on any atom is -0.354 e. The smallest absolute Gasteiger partial charge is 0.271 e. The summed E-state index contributed by atoms with van der Waals surface area (Å²) in [6, 6.07) is 3.19. The summed E-state index contributed by atoms with van der Waals surface area (Å²) < 4.78 is 1.48. The minimum absolute atomic E-state index is 0.251. The summed E-state index contributed by atoms with van der Waals surface area (Å²) in [6.45, 7) is 0. The SMILES string of the molecule is CNC(=O)c1ccn(-c2cc(Cl)nc(SC)n2)n1. The van der Waals surface area contributed by atoms with E-state index in [9.17, 15) is 4.79 Å². The number of amides is 1. The number of thioether (sulfide) groups is 1. The van der Waals surface area contributed by atoms with Crippen LogP contribution in [-0.4, -0.2) is 39.0 Å². The van der Waals surface area contributed by atoms with E-state index in [0.717, 1.165) is 0 Å². The summed E-state index contributed by atoms with van der Waals surface area (Å²) in [5.41, 5.74) is 0.318. The number of aromatic nitrogens is 4. The first-order valence-electron chi connectivity index (χ1n) is 5.00. The molecule has 0 aliphatic heterocycles. The number of nitrogens with one attached hydrogen (secondary N) is 1. The summed E-state index contributed by atoms with van der Waals surface area (Å²) >= 11 is 7.27. The van der Waals surface area contributed by atoms with E-state index < -0.39 is 0 Å². The van der Waals surface area contributed by atoms with E-state index in [1.165, 1.54) is 16.4 Å². The molecule has 94 valence electrons. The van der Waals surface area contributed by atoms with Gasteiger partial charge in [-0.1, -0.05) is 23.4 Å². The fourth-order valence-electron chi connectivity index (χ4n) is 1.29. The average molecular weight is 284 g/mol. The lowest BCUT2D eigenvalue weighted by atomic mass is 10.4. The average Bonchev–Trinajstić information content (AvgIpc) is 2.86. The highest BCUT2D eigenvalue weighted by Crippen LogP contribution is 2.16. The normalized spacial score (nSPS) is 10.4. The zero-order chi connectivity index (χ0) is 13.1. The van der Waals surface area contributed by atoms with Gasteiger partial charge in [-0.2, -0.15) is 5.10 Å². The van der Waals surface area contributed by atoms with Gasteiger partial charge in [0.2, 0.25) is 0 Å². The first-order valence-corrected chi connectivity index (χ1v) is 6.61. The van der Waals surface area contributed by atoms with Crippen LogP contribution in [0.15, 0.2) is 23.5 Å². The lowest BCUT2D eigenvalue weighted by molar-refractivity contribution is 0.0957. The van der Waals surface area contributed by atoms with Crippen molar-refractivity contribution in [3.05, 3.63) is 29.2 Å². The molecule has 8 heteroatoms. The lowest BCUT2D eigenvalue weighted by Crippen LogP contribution is -2.18. The first kappa shape index (κ1) is 12.8. The molecule has 6 nitrogen and oxygen atoms in total. The fourth-order valence-corrected chi connectivity index (χ4v) is 1.90. The van der Waals surface area contributed by atoms with E-state index in [4.69, 9.17) is 11.6 Å². The quantitative estimate of drug-likeness (QED) is 0.524. The van der Waals surface area contributed by atoms with Gasteiger partial charge in [-0.25, -0.2) is 14.6 Å². The van der Waals surface area contributed by atoms with E-state index in [-0.39, 0.29) is 5.91 Å². The maximum atomic E-state index is 11.4. The largest absolute Gasteiger partial charge is 0.354 e. The van der Waals surface area contributed by atoms with Crippen molar-refractivity contribution >= 4 is 29.3 Å². The van der Waals surface area contributed by atoms with Crippen LogP contribution in [0.2, 0.25) is 5.15 Å². The van der Waals surface area contributed by atoms with Crippen molar-refractivity contribution in [2.24, 2.45) is 0 Å². The zero-order valence-corrected chi connectivity index (χ0v) is 11.3. The second-order valence-corrected chi connectivity index (χ2v) is 4.42. The maximum Gasteiger partial charge on any atom is 0.271 e. The van der Waals surface area contributed by atoms with Gasteiger partial charge in [-0.3, -0.25) is 4.79 Å². The van der Waals surface area contributed by atoms with Gasteiger partial charge in [-0.05, 0) is 12.3 Å². The maximum absolute atomic E-state index is 11.4. The van der Waals surface area contributed by atoms with Crippen molar-refractivity contribution < 1.29 is 4.79 Å². The number of hydrogen-bond acceptors (Lipinski definition) is 5. The Morgan fingerprint density at radius 3 is 2.94 bits per heavy atom. The molecule has 0 unspecified atom stereocenters. The van der Waals surface area contributed by atoms with E-state index in [2.05, 4.69) is 20.4 Å². The molecular formula is C10H10ClN5OS. The lowest BCUT2D eigenvalue weighted by Gasteiger charge is -2.02. The Kier molecular flexibility index (Phi) is 3.83. The Balaban J connectivity index is 2.39. The number of hydrogen-bond donors (Lipinski definition) is 1. The Hall–Kier alpha value is -1.60. The molecule has 2 aromatic rings. The van der Waals surface area contributed by atoms with Crippen molar-refractivity contribution in [2.45, 2.75) is 5.16 Å². The summed E-state index contributed by atoms with van der Waals surface area (Å²) in [6.07, 6.45) is 3.50. The highest BCUT2D eigenvalue weighted by molar-refractivity contribution is 7.98. The first-order chi connectivity index (χ1) is 8.63. The second-order valence-electron chi connectivity index (χ2n) is 3.26. The van der Waals surface area contributed by atoms with Gasteiger partial charge in [-0.15, -0.1) is 0 Å². The summed E-state index contributed by atoms with van der Waals surface area (Å²) in [4.78, 5) is 19.7. The highest BCUT2D eigenvalue weighted by atomic mass is 35.5. The van der Waals surface area contributed by atoms with Gasteiger partial charge in [0.05, 0.1) is 0 Å². The summed E-state index contributed by atoms with van der Waals surface area (Å²) in [7, 11) is 1.55. The molecule has 0 aromatic carbocycles. The number of carbonyl (C=O) groups excluding carboxylic acids is 1. The molecular weight excluding hydrogens is 274 g/mol. The van der Waals surface area contributed by atoms with Gasteiger partial charge in [0.1, 0.15) is 5.15 Å². The molecule has 0 saturated heterocycles. The number of carbonyl (C=O) groups is 1. The number of halogens is 1. The molecule has 0 fully saturated rings. The molecule has 0 aliphatic carbocycles. The van der Waals surface area contributed by atoms with E-state index in [0.29, 0.717) is 21.8 Å². The third-order valence-corrected chi connectivity index (χ3v) is 2.87. The van der Waals surface area contributed by atoms with Gasteiger partial charge < -0.3 is 5.32 Å². The third kappa shape index (κ3) is 2.62. The van der Waals surface area contributed by atoms with Crippen molar-refractivity contribution in [1.29, 1.82) is 0 Å². The van der Waals surface area contributed by atoms with Crippen LogP contribution >= 0.6 is 23.4 Å². The molecule has 2 aromatic heterocycles. The highest BCUT2D eigenvalue weighted by Gasteiger charge is 2.10. The Bertz CT molecular complexity index is 585. The van der Waals surface area contributed by atoms with Crippen LogP contribution in [0.1, 0.15) is 10.5 Å². The van der Waals surface area contributed by atoms with Crippen LogP contribution in [0.25, 0.3) is 5.82 Å². The van der Waals surface area contributed by atoms with Crippen molar-refractivity contribution in [1.82, 2.24) is 25.1 Å². The molecule has 1 N–H and O–H groups in total. The van der Waals surface area contributed by atoms with Gasteiger partial charge in [0, 0.05) is 19.3 Å². The minimum atomic E-state index is -0.251. The molecule has 1 amide bonds. The van der Waals surface area contributed by atoms with Crippen LogP contribution in [-0.2, 0) is 0 Å². The van der Waals surface area contributed by atoms with Crippen LogP contribution in [0.5, 0.6) is 0 Å².